The van der Waals surface area contributed by atoms with Crippen LogP contribution in [0.15, 0.2) is 17.2 Å². The fourth-order valence-corrected chi connectivity index (χ4v) is 0.868. The summed E-state index contributed by atoms with van der Waals surface area (Å²) in [5, 5.41) is 30.2. The van der Waals surface area contributed by atoms with Gasteiger partial charge in [-0.3, -0.25) is 0 Å². The van der Waals surface area contributed by atoms with Gasteiger partial charge in [0.25, 0.3) is 0 Å². The summed E-state index contributed by atoms with van der Waals surface area (Å²) in [6, 6.07) is 2.17. The Kier molecular flexibility index (Phi) is 2.14. The predicted molar refractivity (Wildman–Crippen MR) is 40.3 cm³/mol. The highest BCUT2D eigenvalue weighted by Gasteiger charge is 2.08. The Balaban J connectivity index is 3.18. The lowest BCUT2D eigenvalue weighted by molar-refractivity contribution is 0.418. The number of nitrogens with one attached hydrogen (secondary N) is 1. The van der Waals surface area contributed by atoms with Gasteiger partial charge in [0.1, 0.15) is 17.2 Å². The molecule has 0 aliphatic rings. The summed E-state index contributed by atoms with van der Waals surface area (Å²) >= 11 is 0. The van der Waals surface area contributed by atoms with Gasteiger partial charge in [-0.2, -0.15) is 5.11 Å². The Morgan fingerprint density at radius 3 is 2.08 bits per heavy atom. The molecule has 1 aromatic rings. The average Bonchev–Trinajstić information content (AvgIpc) is 1.96. The van der Waals surface area contributed by atoms with Gasteiger partial charge < -0.3 is 15.3 Å². The number of benzene rings is 1. The molecule has 5 heteroatoms. The van der Waals surface area contributed by atoms with Crippen LogP contribution < -0.4 is 0 Å². The molecule has 12 heavy (non-hydrogen) atoms. The van der Waals surface area contributed by atoms with E-state index in [-0.39, 0.29) is 29.4 Å². The minimum atomic E-state index is -0.261. The van der Waals surface area contributed by atoms with Gasteiger partial charge in [0.2, 0.25) is 0 Å². The zero-order chi connectivity index (χ0) is 9.14. The molecule has 5 nitrogen and oxygen atoms in total. The van der Waals surface area contributed by atoms with Gasteiger partial charge in [-0.05, 0) is 0 Å². The van der Waals surface area contributed by atoms with E-state index in [1.54, 1.807) is 0 Å². The van der Waals surface area contributed by atoms with Gasteiger partial charge in [0, 0.05) is 12.1 Å². The maximum Gasteiger partial charge on any atom is 0.128 e. The molecule has 0 saturated carbocycles. The van der Waals surface area contributed by atoms with Crippen molar-refractivity contribution in [3.05, 3.63) is 17.7 Å². The third-order valence-corrected chi connectivity index (χ3v) is 1.42. The maximum atomic E-state index is 9.14. The monoisotopic (exact) mass is 168 g/mol. The minimum absolute atomic E-state index is 0.0993. The maximum absolute atomic E-state index is 9.14. The second kappa shape index (κ2) is 3.08. The van der Waals surface area contributed by atoms with Gasteiger partial charge in [0.05, 0.1) is 12.1 Å². The van der Waals surface area contributed by atoms with E-state index in [0.717, 1.165) is 12.1 Å². The molecule has 0 bridgehead atoms. The van der Waals surface area contributed by atoms with Crippen molar-refractivity contribution in [3.63, 3.8) is 0 Å². The van der Waals surface area contributed by atoms with Crippen LogP contribution in [0.5, 0.6) is 17.2 Å². The van der Waals surface area contributed by atoms with Crippen LogP contribution in [0, 0.1) is 5.53 Å². The Morgan fingerprint density at radius 2 is 1.67 bits per heavy atom. The van der Waals surface area contributed by atoms with Gasteiger partial charge in [-0.25, -0.2) is 5.53 Å². The van der Waals surface area contributed by atoms with E-state index >= 15 is 0 Å². The fraction of sp³-hybridized carbons (Fsp3) is 0.143. The highest BCUT2D eigenvalue weighted by molar-refractivity contribution is 5.48. The lowest BCUT2D eigenvalue weighted by atomic mass is 10.1. The zero-order valence-electron chi connectivity index (χ0n) is 6.15. The standard InChI is InChI=1S/C7H8N2O3/c8-9-3-5-6(11)1-4(10)2-7(5)12/h1-2,8,10-12H,3H2. The first-order valence-corrected chi connectivity index (χ1v) is 3.22. The first-order valence-electron chi connectivity index (χ1n) is 3.22. The van der Waals surface area contributed by atoms with E-state index in [1.807, 2.05) is 0 Å². The van der Waals surface area contributed by atoms with E-state index in [0.29, 0.717) is 0 Å². The molecule has 1 rings (SSSR count). The summed E-state index contributed by atoms with van der Waals surface area (Å²) in [6.07, 6.45) is 0. The molecule has 0 fully saturated rings. The molecule has 0 aliphatic carbocycles. The largest absolute Gasteiger partial charge is 0.508 e. The molecule has 0 saturated heterocycles. The average molecular weight is 168 g/mol. The Morgan fingerprint density at radius 1 is 1.17 bits per heavy atom. The first-order chi connectivity index (χ1) is 5.65. The van der Waals surface area contributed by atoms with Crippen LogP contribution in [-0.4, -0.2) is 15.3 Å². The number of rotatable bonds is 2. The lowest BCUT2D eigenvalue weighted by Crippen LogP contribution is -1.83. The molecule has 0 amide bonds. The second-order valence-electron chi connectivity index (χ2n) is 2.28. The summed E-state index contributed by atoms with van der Waals surface area (Å²) in [7, 11) is 0. The number of aromatic hydroxyl groups is 3. The second-order valence-corrected chi connectivity index (χ2v) is 2.28. The molecule has 0 spiro atoms. The molecule has 0 aliphatic heterocycles. The normalized spacial score (nSPS) is 9.67. The molecule has 0 aromatic heterocycles. The van der Waals surface area contributed by atoms with Gasteiger partial charge in [-0.15, -0.1) is 0 Å². The van der Waals surface area contributed by atoms with Crippen LogP contribution >= 0.6 is 0 Å². The molecule has 4 N–H and O–H groups in total. The van der Waals surface area contributed by atoms with E-state index in [4.69, 9.17) is 20.9 Å². The SMILES string of the molecule is N=NCc1c(O)cc(O)cc1O. The molecule has 0 atom stereocenters. The van der Waals surface area contributed by atoms with Gasteiger partial charge in [-0.1, -0.05) is 0 Å². The van der Waals surface area contributed by atoms with Crippen LogP contribution in [0.2, 0.25) is 0 Å². The Bertz CT molecular complexity index is 289. The molecule has 0 heterocycles. The van der Waals surface area contributed by atoms with Gasteiger partial charge in [0.15, 0.2) is 0 Å². The summed E-state index contributed by atoms with van der Waals surface area (Å²) in [5.74, 6) is -0.745. The number of hydrogen-bond acceptors (Lipinski definition) is 5. The lowest BCUT2D eigenvalue weighted by Gasteiger charge is -2.03. The smallest absolute Gasteiger partial charge is 0.128 e. The van der Waals surface area contributed by atoms with Crippen molar-refractivity contribution in [1.29, 1.82) is 5.53 Å². The Labute approximate surface area is 68.4 Å². The molecule has 64 valence electrons. The van der Waals surface area contributed by atoms with Crippen LogP contribution in [-0.2, 0) is 6.54 Å². The van der Waals surface area contributed by atoms with Crippen molar-refractivity contribution in [2.24, 2.45) is 5.11 Å². The number of phenolic OH excluding ortho intramolecular Hbond substituents is 3. The molecular weight excluding hydrogens is 160 g/mol. The van der Waals surface area contributed by atoms with Crippen LogP contribution in [0.25, 0.3) is 0 Å². The number of nitrogens with zero attached hydrogens (tertiary/aromatic N) is 1. The molecule has 1 aromatic carbocycles. The quantitative estimate of drug-likeness (QED) is 0.501. The fourth-order valence-electron chi connectivity index (χ4n) is 0.868. The number of hydrogen-bond donors (Lipinski definition) is 4. The van der Waals surface area contributed by atoms with Gasteiger partial charge >= 0.3 is 0 Å². The molecular formula is C7H8N2O3. The van der Waals surface area contributed by atoms with Crippen molar-refractivity contribution in [2.75, 3.05) is 0 Å². The van der Waals surface area contributed by atoms with Crippen LogP contribution in [0.1, 0.15) is 5.56 Å². The van der Waals surface area contributed by atoms with E-state index in [2.05, 4.69) is 5.11 Å². The highest BCUT2D eigenvalue weighted by atomic mass is 16.3. The third-order valence-electron chi connectivity index (χ3n) is 1.42. The van der Waals surface area contributed by atoms with Crippen molar-refractivity contribution in [3.8, 4) is 17.2 Å². The summed E-state index contributed by atoms with van der Waals surface area (Å²) in [5.41, 5.74) is 6.67. The van der Waals surface area contributed by atoms with E-state index in [1.165, 1.54) is 0 Å². The van der Waals surface area contributed by atoms with Crippen LogP contribution in [0.3, 0.4) is 0 Å². The topological polar surface area (TPSA) is 96.9 Å². The summed E-state index contributed by atoms with van der Waals surface area (Å²) in [6.45, 7) is -0.0993. The third kappa shape index (κ3) is 1.45. The minimum Gasteiger partial charge on any atom is -0.508 e. The predicted octanol–water partition coefficient (Wildman–Crippen LogP) is 1.33. The molecule has 0 radical (unpaired) electrons. The molecule has 0 unspecified atom stereocenters. The highest BCUT2D eigenvalue weighted by Crippen LogP contribution is 2.32. The van der Waals surface area contributed by atoms with Crippen LogP contribution in [0.4, 0.5) is 0 Å². The Hall–Kier alpha value is -1.78. The first kappa shape index (κ1) is 8.32. The van der Waals surface area contributed by atoms with Crippen molar-refractivity contribution in [1.82, 2.24) is 0 Å². The van der Waals surface area contributed by atoms with Crippen molar-refractivity contribution >= 4 is 0 Å². The van der Waals surface area contributed by atoms with Crippen molar-refractivity contribution < 1.29 is 15.3 Å². The summed E-state index contributed by atoms with van der Waals surface area (Å²) in [4.78, 5) is 0. The van der Waals surface area contributed by atoms with Crippen molar-refractivity contribution in [2.45, 2.75) is 6.54 Å². The van der Waals surface area contributed by atoms with E-state index in [9.17, 15) is 0 Å². The zero-order valence-corrected chi connectivity index (χ0v) is 6.15. The van der Waals surface area contributed by atoms with E-state index < -0.39 is 0 Å². The number of phenols is 3. The summed E-state index contributed by atoms with van der Waals surface area (Å²) < 4.78 is 0.